The number of hydrogen-bond donors (Lipinski definition) is 1. The predicted molar refractivity (Wildman–Crippen MR) is 108 cm³/mol. The lowest BCUT2D eigenvalue weighted by Crippen LogP contribution is -2.59. The SMILES string of the molecule is Cc1cc(OC2CN(C(=O)NCCCc3ccccc3)C2)cc(=O)n1C1CC1. The van der Waals surface area contributed by atoms with Gasteiger partial charge in [-0.1, -0.05) is 30.3 Å². The second-order valence-corrected chi connectivity index (χ2v) is 7.74. The van der Waals surface area contributed by atoms with Crippen LogP contribution in [-0.2, 0) is 6.42 Å². The van der Waals surface area contributed by atoms with E-state index in [1.54, 1.807) is 11.0 Å². The quantitative estimate of drug-likeness (QED) is 0.750. The Kier molecular flexibility index (Phi) is 5.37. The van der Waals surface area contributed by atoms with E-state index in [-0.39, 0.29) is 17.7 Å². The molecule has 1 N–H and O–H groups in total. The first kappa shape index (κ1) is 18.6. The molecule has 4 rings (SSSR count). The Morgan fingerprint density at radius 1 is 1.18 bits per heavy atom. The molecule has 2 fully saturated rings. The number of rotatable bonds is 7. The molecule has 2 amide bonds. The van der Waals surface area contributed by atoms with Gasteiger partial charge in [-0.15, -0.1) is 0 Å². The number of hydrogen-bond acceptors (Lipinski definition) is 3. The topological polar surface area (TPSA) is 63.6 Å². The summed E-state index contributed by atoms with van der Waals surface area (Å²) in [5.41, 5.74) is 2.23. The summed E-state index contributed by atoms with van der Waals surface area (Å²) in [4.78, 5) is 26.2. The van der Waals surface area contributed by atoms with Gasteiger partial charge in [0.05, 0.1) is 13.1 Å². The molecule has 0 atom stereocenters. The van der Waals surface area contributed by atoms with Gasteiger partial charge in [0, 0.05) is 24.3 Å². The molecule has 0 radical (unpaired) electrons. The molecular formula is C22H27N3O3. The summed E-state index contributed by atoms with van der Waals surface area (Å²) < 4.78 is 7.75. The van der Waals surface area contributed by atoms with Crippen LogP contribution in [0.25, 0.3) is 0 Å². The van der Waals surface area contributed by atoms with Crippen molar-refractivity contribution in [3.63, 3.8) is 0 Å². The number of ether oxygens (including phenoxy) is 1. The van der Waals surface area contributed by atoms with E-state index in [1.165, 1.54) is 5.56 Å². The highest BCUT2D eigenvalue weighted by atomic mass is 16.5. The Morgan fingerprint density at radius 3 is 2.61 bits per heavy atom. The number of benzene rings is 1. The first-order valence-corrected chi connectivity index (χ1v) is 10.1. The zero-order chi connectivity index (χ0) is 19.5. The summed E-state index contributed by atoms with van der Waals surface area (Å²) in [5.74, 6) is 0.604. The van der Waals surface area contributed by atoms with Gasteiger partial charge >= 0.3 is 6.03 Å². The number of aryl methyl sites for hydroxylation is 2. The minimum Gasteiger partial charge on any atom is -0.486 e. The zero-order valence-corrected chi connectivity index (χ0v) is 16.3. The maximum Gasteiger partial charge on any atom is 0.317 e. The molecule has 1 aliphatic heterocycles. The van der Waals surface area contributed by atoms with Gasteiger partial charge in [-0.25, -0.2) is 4.79 Å². The minimum absolute atomic E-state index is 0.00448. The van der Waals surface area contributed by atoms with Crippen molar-refractivity contribution in [2.24, 2.45) is 0 Å². The number of carbonyl (C=O) groups is 1. The third-order valence-electron chi connectivity index (χ3n) is 5.35. The summed E-state index contributed by atoms with van der Waals surface area (Å²) in [5, 5.41) is 2.96. The first-order valence-electron chi connectivity index (χ1n) is 10.1. The molecule has 2 aromatic rings. The van der Waals surface area contributed by atoms with Gasteiger partial charge < -0.3 is 19.5 Å². The molecule has 28 heavy (non-hydrogen) atoms. The smallest absolute Gasteiger partial charge is 0.317 e. The molecule has 1 aliphatic carbocycles. The molecule has 6 nitrogen and oxygen atoms in total. The summed E-state index contributed by atoms with van der Waals surface area (Å²) in [6.45, 7) is 3.71. The van der Waals surface area contributed by atoms with Crippen LogP contribution in [0.4, 0.5) is 4.79 Å². The van der Waals surface area contributed by atoms with Crippen molar-refractivity contribution >= 4 is 6.03 Å². The highest BCUT2D eigenvalue weighted by molar-refractivity contribution is 5.75. The van der Waals surface area contributed by atoms with Crippen LogP contribution in [0.5, 0.6) is 5.75 Å². The van der Waals surface area contributed by atoms with Gasteiger partial charge in [-0.2, -0.15) is 0 Å². The van der Waals surface area contributed by atoms with Crippen molar-refractivity contribution < 1.29 is 9.53 Å². The largest absolute Gasteiger partial charge is 0.486 e. The molecular weight excluding hydrogens is 354 g/mol. The maximum atomic E-state index is 12.3. The van der Waals surface area contributed by atoms with Crippen LogP contribution in [0.1, 0.15) is 36.6 Å². The third-order valence-corrected chi connectivity index (χ3v) is 5.35. The number of amides is 2. The average molecular weight is 381 g/mol. The number of nitrogens with zero attached hydrogens (tertiary/aromatic N) is 2. The molecule has 2 aliphatic rings. The van der Waals surface area contributed by atoms with Crippen LogP contribution in [0, 0.1) is 6.92 Å². The number of aromatic nitrogens is 1. The van der Waals surface area contributed by atoms with E-state index in [2.05, 4.69) is 17.4 Å². The predicted octanol–water partition coefficient (Wildman–Crippen LogP) is 2.90. The van der Waals surface area contributed by atoms with Gasteiger partial charge in [-0.05, 0) is 44.2 Å². The van der Waals surface area contributed by atoms with E-state index >= 15 is 0 Å². The Bertz CT molecular complexity index is 884. The molecule has 6 heteroatoms. The fraction of sp³-hybridized carbons (Fsp3) is 0.455. The Morgan fingerprint density at radius 2 is 1.93 bits per heavy atom. The molecule has 1 aromatic heterocycles. The molecule has 0 spiro atoms. The Balaban J connectivity index is 1.18. The monoisotopic (exact) mass is 381 g/mol. The van der Waals surface area contributed by atoms with Crippen LogP contribution >= 0.6 is 0 Å². The van der Waals surface area contributed by atoms with Gasteiger partial charge in [0.2, 0.25) is 0 Å². The van der Waals surface area contributed by atoms with Gasteiger partial charge in [0.1, 0.15) is 11.9 Å². The number of pyridine rings is 1. The van der Waals surface area contributed by atoms with Crippen molar-refractivity contribution in [1.29, 1.82) is 0 Å². The second-order valence-electron chi connectivity index (χ2n) is 7.74. The number of likely N-dealkylation sites (tertiary alicyclic amines) is 1. The van der Waals surface area contributed by atoms with Crippen molar-refractivity contribution in [1.82, 2.24) is 14.8 Å². The van der Waals surface area contributed by atoms with Crippen LogP contribution in [0.2, 0.25) is 0 Å². The van der Waals surface area contributed by atoms with Crippen molar-refractivity contribution in [2.75, 3.05) is 19.6 Å². The summed E-state index contributed by atoms with van der Waals surface area (Å²) >= 11 is 0. The van der Waals surface area contributed by atoms with Crippen molar-refractivity contribution in [3.8, 4) is 5.75 Å². The highest BCUT2D eigenvalue weighted by Gasteiger charge is 2.32. The molecule has 1 aromatic carbocycles. The normalized spacial score (nSPS) is 16.5. The molecule has 1 saturated carbocycles. The van der Waals surface area contributed by atoms with Crippen molar-refractivity contribution in [2.45, 2.75) is 44.8 Å². The van der Waals surface area contributed by atoms with E-state index in [0.717, 1.165) is 31.4 Å². The maximum absolute atomic E-state index is 12.3. The Labute approximate surface area is 165 Å². The number of nitrogens with one attached hydrogen (secondary N) is 1. The molecule has 1 saturated heterocycles. The van der Waals surface area contributed by atoms with Crippen LogP contribution in [0.15, 0.2) is 47.3 Å². The summed E-state index contributed by atoms with van der Waals surface area (Å²) in [6.07, 6.45) is 3.99. The zero-order valence-electron chi connectivity index (χ0n) is 16.3. The molecule has 148 valence electrons. The van der Waals surface area contributed by atoms with Crippen LogP contribution in [-0.4, -0.2) is 41.2 Å². The third kappa shape index (κ3) is 4.38. The lowest BCUT2D eigenvalue weighted by Gasteiger charge is -2.38. The van der Waals surface area contributed by atoms with Crippen LogP contribution in [0.3, 0.4) is 0 Å². The first-order chi connectivity index (χ1) is 13.6. The molecule has 2 heterocycles. The van der Waals surface area contributed by atoms with E-state index in [4.69, 9.17) is 4.74 Å². The lowest BCUT2D eigenvalue weighted by molar-refractivity contribution is 0.0442. The summed E-state index contributed by atoms with van der Waals surface area (Å²) in [6, 6.07) is 14.1. The minimum atomic E-state index is -0.0503. The van der Waals surface area contributed by atoms with Gasteiger partial charge in [0.15, 0.2) is 0 Å². The van der Waals surface area contributed by atoms with Gasteiger partial charge in [0.25, 0.3) is 5.56 Å². The van der Waals surface area contributed by atoms with E-state index < -0.39 is 0 Å². The van der Waals surface area contributed by atoms with Gasteiger partial charge in [-0.3, -0.25) is 4.79 Å². The Hall–Kier alpha value is -2.76. The molecule has 0 bridgehead atoms. The number of urea groups is 1. The highest BCUT2D eigenvalue weighted by Crippen LogP contribution is 2.35. The number of carbonyl (C=O) groups excluding carboxylic acids is 1. The second kappa shape index (κ2) is 8.09. The van der Waals surface area contributed by atoms with E-state index in [9.17, 15) is 9.59 Å². The lowest BCUT2D eigenvalue weighted by atomic mass is 10.1. The van der Waals surface area contributed by atoms with E-state index in [1.807, 2.05) is 35.8 Å². The summed E-state index contributed by atoms with van der Waals surface area (Å²) in [7, 11) is 0. The standard InChI is InChI=1S/C22H27N3O3/c1-16-12-19(13-21(26)25(16)18-9-10-18)28-20-14-24(15-20)22(27)23-11-5-8-17-6-3-2-4-7-17/h2-4,6-7,12-13,18,20H,5,8-11,14-15H2,1H3,(H,23,27). The van der Waals surface area contributed by atoms with E-state index in [0.29, 0.717) is 31.4 Å². The molecule has 0 unspecified atom stereocenters. The fourth-order valence-corrected chi connectivity index (χ4v) is 3.67. The average Bonchev–Trinajstić information content (AvgIpc) is 3.46. The van der Waals surface area contributed by atoms with Crippen molar-refractivity contribution in [3.05, 3.63) is 64.1 Å². The fourth-order valence-electron chi connectivity index (χ4n) is 3.67. The van der Waals surface area contributed by atoms with Crippen LogP contribution < -0.4 is 15.6 Å².